The zero-order valence-corrected chi connectivity index (χ0v) is 19.7. The van der Waals surface area contributed by atoms with Gasteiger partial charge in [-0.1, -0.05) is 117 Å². The maximum absolute atomic E-state index is 2.44. The molecule has 1 rings (SSSR count). The summed E-state index contributed by atoms with van der Waals surface area (Å²) < 4.78 is 4.74. The van der Waals surface area contributed by atoms with Crippen molar-refractivity contribution in [2.75, 3.05) is 0 Å². The van der Waals surface area contributed by atoms with Crippen molar-refractivity contribution in [3.8, 4) is 0 Å². The fraction of sp³-hybridized carbons (Fsp3) is 0.885. The molecule has 0 N–H and O–H groups in total. The normalized spacial score (nSPS) is 11.4. The lowest BCUT2D eigenvalue weighted by Gasteiger charge is -2.04. The third-order valence-corrected chi connectivity index (χ3v) is 6.18. The van der Waals surface area contributed by atoms with E-state index in [-0.39, 0.29) is 0 Å². The Balaban J connectivity index is 1.82. The van der Waals surface area contributed by atoms with Gasteiger partial charge in [0.25, 0.3) is 5.82 Å². The molecule has 0 atom stereocenters. The predicted octanol–water partition coefficient (Wildman–Crippen LogP) is 7.92. The van der Waals surface area contributed by atoms with E-state index < -0.39 is 0 Å². The van der Waals surface area contributed by atoms with Gasteiger partial charge in [-0.2, -0.15) is 0 Å². The van der Waals surface area contributed by atoms with Crippen LogP contribution in [0.3, 0.4) is 0 Å². The molecule has 0 aliphatic rings. The molecule has 0 amide bonds. The molecular formula is C26H51N2+. The van der Waals surface area contributed by atoms with Crippen LogP contribution in [-0.2, 0) is 20.0 Å². The number of nitrogens with zero attached hydrogens (tertiary/aromatic N) is 2. The number of hydrogen-bond donors (Lipinski definition) is 0. The molecule has 1 heterocycles. The molecule has 0 aliphatic carbocycles. The Hall–Kier alpha value is -0.790. The minimum Gasteiger partial charge on any atom is -0.237 e. The van der Waals surface area contributed by atoms with Gasteiger partial charge in [-0.05, 0) is 12.8 Å². The maximum Gasteiger partial charge on any atom is 0.256 e. The van der Waals surface area contributed by atoms with Gasteiger partial charge in [-0.3, -0.25) is 0 Å². The number of rotatable bonds is 20. The molecule has 0 spiro atoms. The average molecular weight is 392 g/mol. The van der Waals surface area contributed by atoms with E-state index >= 15 is 0 Å². The first kappa shape index (κ1) is 25.2. The van der Waals surface area contributed by atoms with Gasteiger partial charge >= 0.3 is 0 Å². The molecule has 0 radical (unpaired) electrons. The number of aryl methyl sites for hydroxylation is 2. The van der Waals surface area contributed by atoms with E-state index in [2.05, 4.69) is 42.4 Å². The smallest absolute Gasteiger partial charge is 0.237 e. The minimum absolute atomic E-state index is 1.16. The zero-order chi connectivity index (χ0) is 20.3. The minimum atomic E-state index is 1.16. The topological polar surface area (TPSA) is 8.81 Å². The molecule has 0 unspecified atom stereocenters. The molecule has 1 aromatic heterocycles. The lowest BCUT2D eigenvalue weighted by molar-refractivity contribution is -0.678. The van der Waals surface area contributed by atoms with Crippen LogP contribution >= 0.6 is 0 Å². The van der Waals surface area contributed by atoms with Crippen LogP contribution in [0.25, 0.3) is 0 Å². The molecule has 164 valence electrons. The summed E-state index contributed by atoms with van der Waals surface area (Å²) in [7, 11) is 2.19. The summed E-state index contributed by atoms with van der Waals surface area (Å²) in [4.78, 5) is 0. The molecule has 2 heteroatoms. The lowest BCUT2D eigenvalue weighted by atomic mass is 10.0. The molecule has 0 saturated carbocycles. The Morgan fingerprint density at radius 3 is 1.46 bits per heavy atom. The highest BCUT2D eigenvalue weighted by atomic mass is 15.1. The molecule has 28 heavy (non-hydrogen) atoms. The first-order valence-corrected chi connectivity index (χ1v) is 12.8. The van der Waals surface area contributed by atoms with Crippen LogP contribution in [0.15, 0.2) is 12.4 Å². The number of aromatic nitrogens is 2. The predicted molar refractivity (Wildman–Crippen MR) is 124 cm³/mol. The Morgan fingerprint density at radius 1 is 0.607 bits per heavy atom. The second-order valence-corrected chi connectivity index (χ2v) is 8.93. The van der Waals surface area contributed by atoms with Crippen molar-refractivity contribution in [1.29, 1.82) is 0 Å². The molecular weight excluding hydrogens is 340 g/mol. The third kappa shape index (κ3) is 12.6. The van der Waals surface area contributed by atoms with Crippen molar-refractivity contribution in [3.63, 3.8) is 0 Å². The fourth-order valence-corrected chi connectivity index (χ4v) is 4.33. The van der Waals surface area contributed by atoms with Gasteiger partial charge in [0.05, 0.1) is 13.6 Å². The van der Waals surface area contributed by atoms with Gasteiger partial charge in [0.15, 0.2) is 0 Å². The fourth-order valence-electron chi connectivity index (χ4n) is 4.33. The van der Waals surface area contributed by atoms with Crippen molar-refractivity contribution in [2.24, 2.45) is 7.05 Å². The first-order chi connectivity index (χ1) is 13.8. The third-order valence-electron chi connectivity index (χ3n) is 6.18. The molecule has 0 bridgehead atoms. The monoisotopic (exact) mass is 391 g/mol. The van der Waals surface area contributed by atoms with E-state index in [1.165, 1.54) is 128 Å². The van der Waals surface area contributed by atoms with E-state index in [1.54, 1.807) is 0 Å². The summed E-state index contributed by atoms with van der Waals surface area (Å²) in [5.41, 5.74) is 0. The largest absolute Gasteiger partial charge is 0.256 e. The molecule has 0 fully saturated rings. The van der Waals surface area contributed by atoms with Crippen LogP contribution in [-0.4, -0.2) is 4.57 Å². The zero-order valence-electron chi connectivity index (χ0n) is 19.7. The van der Waals surface area contributed by atoms with Crippen molar-refractivity contribution in [1.82, 2.24) is 4.57 Å². The number of imidazole rings is 1. The van der Waals surface area contributed by atoms with Gasteiger partial charge in [0.2, 0.25) is 0 Å². The molecule has 0 aliphatic heterocycles. The van der Waals surface area contributed by atoms with Gasteiger partial charge in [-0.15, -0.1) is 0 Å². The van der Waals surface area contributed by atoms with Crippen molar-refractivity contribution in [3.05, 3.63) is 18.2 Å². The van der Waals surface area contributed by atoms with E-state index in [0.29, 0.717) is 0 Å². The molecule has 0 saturated heterocycles. The van der Waals surface area contributed by atoms with Crippen molar-refractivity contribution in [2.45, 2.75) is 142 Å². The number of unbranched alkanes of at least 4 members (excludes halogenated alkanes) is 16. The molecule has 2 nitrogen and oxygen atoms in total. The highest BCUT2D eigenvalue weighted by Crippen LogP contribution is 2.14. The summed E-state index contributed by atoms with van der Waals surface area (Å²) in [6.45, 7) is 5.72. The van der Waals surface area contributed by atoms with Gasteiger partial charge in [0.1, 0.15) is 12.4 Å². The Kier molecular flexibility index (Phi) is 16.5. The average Bonchev–Trinajstić information content (AvgIpc) is 3.04. The highest BCUT2D eigenvalue weighted by Gasteiger charge is 2.12. The second kappa shape index (κ2) is 18.3. The van der Waals surface area contributed by atoms with Crippen LogP contribution in [0, 0.1) is 0 Å². The standard InChI is InChI=1S/C26H51N2/c1-4-6-7-8-9-10-11-12-13-14-15-16-17-18-19-20-21-22-26-27(3)24-25-28(26)23-5-2/h24-25H,4-23H2,1-3H3/q+1. The van der Waals surface area contributed by atoms with Gasteiger partial charge in [0, 0.05) is 6.42 Å². The van der Waals surface area contributed by atoms with Crippen LogP contribution in [0.5, 0.6) is 0 Å². The summed E-state index contributed by atoms with van der Waals surface area (Å²) in [5, 5.41) is 0. The van der Waals surface area contributed by atoms with Gasteiger partial charge in [-0.25, -0.2) is 9.13 Å². The Morgan fingerprint density at radius 2 is 1.04 bits per heavy atom. The van der Waals surface area contributed by atoms with Crippen molar-refractivity contribution >= 4 is 0 Å². The van der Waals surface area contributed by atoms with Gasteiger partial charge < -0.3 is 0 Å². The van der Waals surface area contributed by atoms with Crippen molar-refractivity contribution < 1.29 is 4.57 Å². The first-order valence-electron chi connectivity index (χ1n) is 12.8. The summed E-state index contributed by atoms with van der Waals surface area (Å²) >= 11 is 0. The highest BCUT2D eigenvalue weighted by molar-refractivity contribution is 4.83. The van der Waals surface area contributed by atoms with E-state index in [0.717, 1.165) is 6.54 Å². The quantitative estimate of drug-likeness (QED) is 0.158. The Bertz CT molecular complexity index is 449. The molecule has 0 aromatic carbocycles. The van der Waals surface area contributed by atoms with Crippen LogP contribution in [0.4, 0.5) is 0 Å². The van der Waals surface area contributed by atoms with E-state index in [1.807, 2.05) is 0 Å². The van der Waals surface area contributed by atoms with Crippen LogP contribution < -0.4 is 4.57 Å². The number of hydrogen-bond acceptors (Lipinski definition) is 0. The second-order valence-electron chi connectivity index (χ2n) is 8.93. The SMILES string of the molecule is CCCCCCCCCCCCCCCCCCCc1n(CCC)cc[n+]1C. The van der Waals surface area contributed by atoms with E-state index in [9.17, 15) is 0 Å². The lowest BCUT2D eigenvalue weighted by Crippen LogP contribution is -2.32. The summed E-state index contributed by atoms with van der Waals surface area (Å²) in [5.74, 6) is 1.50. The summed E-state index contributed by atoms with van der Waals surface area (Å²) in [6.07, 6.45) is 31.5. The van der Waals surface area contributed by atoms with Crippen LogP contribution in [0.1, 0.15) is 135 Å². The van der Waals surface area contributed by atoms with Crippen LogP contribution in [0.2, 0.25) is 0 Å². The summed E-state index contributed by atoms with van der Waals surface area (Å²) in [6, 6.07) is 0. The molecule has 1 aromatic rings. The Labute approximate surface area is 177 Å². The maximum atomic E-state index is 2.44. The van der Waals surface area contributed by atoms with E-state index in [4.69, 9.17) is 0 Å².